The highest BCUT2D eigenvalue weighted by atomic mass is 16.1. The lowest BCUT2D eigenvalue weighted by molar-refractivity contribution is 0.350. The van der Waals surface area contributed by atoms with Crippen molar-refractivity contribution in [1.29, 1.82) is 0 Å². The van der Waals surface area contributed by atoms with Gasteiger partial charge in [-0.2, -0.15) is 4.98 Å². The van der Waals surface area contributed by atoms with E-state index in [-0.39, 0.29) is 11.0 Å². The van der Waals surface area contributed by atoms with Crippen LogP contribution in [0, 0.1) is 5.41 Å². The molecule has 0 unspecified atom stereocenters. The summed E-state index contributed by atoms with van der Waals surface area (Å²) in [5.41, 5.74) is 2.92. The first kappa shape index (κ1) is 20.3. The van der Waals surface area contributed by atoms with Crippen molar-refractivity contribution >= 4 is 28.4 Å². The van der Waals surface area contributed by atoms with Crippen molar-refractivity contribution in [2.45, 2.75) is 33.7 Å². The Kier molecular flexibility index (Phi) is 5.72. The molecule has 1 aliphatic heterocycles. The van der Waals surface area contributed by atoms with Crippen molar-refractivity contribution in [2.75, 3.05) is 36.4 Å². The molecule has 1 fully saturated rings. The highest BCUT2D eigenvalue weighted by Gasteiger charge is 2.14. The molecule has 7 heteroatoms. The van der Waals surface area contributed by atoms with Gasteiger partial charge >= 0.3 is 0 Å². The van der Waals surface area contributed by atoms with E-state index in [1.165, 1.54) is 5.69 Å². The zero-order chi connectivity index (χ0) is 21.1. The van der Waals surface area contributed by atoms with Crippen LogP contribution in [0.25, 0.3) is 11.0 Å². The minimum Gasteiger partial charge on any atom is -0.369 e. The molecule has 0 spiro atoms. The van der Waals surface area contributed by atoms with Crippen LogP contribution < -0.4 is 21.1 Å². The third kappa shape index (κ3) is 4.79. The topological polar surface area (TPSA) is 75.1 Å². The number of piperazine rings is 1. The van der Waals surface area contributed by atoms with E-state index in [0.717, 1.165) is 43.7 Å². The van der Waals surface area contributed by atoms with Crippen molar-refractivity contribution in [1.82, 2.24) is 19.9 Å². The molecule has 1 aromatic carbocycles. The van der Waals surface area contributed by atoms with Gasteiger partial charge in [-0.05, 0) is 42.2 Å². The molecular weight excluding hydrogens is 376 g/mol. The Hall–Kier alpha value is -2.93. The van der Waals surface area contributed by atoms with Crippen molar-refractivity contribution in [3.63, 3.8) is 0 Å². The van der Waals surface area contributed by atoms with Crippen molar-refractivity contribution < 1.29 is 0 Å². The SMILES string of the molecule is CC(C)(C)CCn1c(=O)ccc2cnc(Nc3ccc(N4CCNCC4)cc3)nc21. The van der Waals surface area contributed by atoms with E-state index in [2.05, 4.69) is 58.4 Å². The number of nitrogens with one attached hydrogen (secondary N) is 2. The van der Waals surface area contributed by atoms with Gasteiger partial charge in [0.25, 0.3) is 5.56 Å². The van der Waals surface area contributed by atoms with Gasteiger partial charge in [0, 0.05) is 61.7 Å². The molecule has 7 nitrogen and oxygen atoms in total. The Morgan fingerprint density at radius 3 is 2.50 bits per heavy atom. The molecule has 1 saturated heterocycles. The highest BCUT2D eigenvalue weighted by molar-refractivity contribution is 5.75. The zero-order valence-corrected chi connectivity index (χ0v) is 18.0. The maximum atomic E-state index is 12.5. The molecule has 158 valence electrons. The summed E-state index contributed by atoms with van der Waals surface area (Å²) in [5, 5.41) is 7.51. The van der Waals surface area contributed by atoms with Crippen LogP contribution in [0.2, 0.25) is 0 Å². The molecule has 0 bridgehead atoms. The third-order valence-corrected chi connectivity index (χ3v) is 5.41. The fourth-order valence-electron chi connectivity index (χ4n) is 3.60. The summed E-state index contributed by atoms with van der Waals surface area (Å²) >= 11 is 0. The van der Waals surface area contributed by atoms with E-state index in [0.29, 0.717) is 18.1 Å². The average Bonchev–Trinajstić information content (AvgIpc) is 2.73. The number of benzene rings is 1. The molecule has 2 aromatic heterocycles. The summed E-state index contributed by atoms with van der Waals surface area (Å²) in [4.78, 5) is 24.0. The van der Waals surface area contributed by atoms with Gasteiger partial charge in [-0.15, -0.1) is 0 Å². The smallest absolute Gasteiger partial charge is 0.252 e. The number of aromatic nitrogens is 3. The van der Waals surface area contributed by atoms with E-state index >= 15 is 0 Å². The van der Waals surface area contributed by atoms with Gasteiger partial charge in [0.2, 0.25) is 5.95 Å². The van der Waals surface area contributed by atoms with Crippen LogP contribution in [-0.2, 0) is 6.54 Å². The third-order valence-electron chi connectivity index (χ3n) is 5.41. The number of hydrogen-bond donors (Lipinski definition) is 2. The molecule has 0 saturated carbocycles. The van der Waals surface area contributed by atoms with Crippen LogP contribution in [0.4, 0.5) is 17.3 Å². The molecular formula is C23H30N6O. The van der Waals surface area contributed by atoms with Gasteiger partial charge in [0.05, 0.1) is 0 Å². The number of nitrogens with zero attached hydrogens (tertiary/aromatic N) is 4. The Morgan fingerprint density at radius 1 is 1.07 bits per heavy atom. The van der Waals surface area contributed by atoms with Crippen LogP contribution in [-0.4, -0.2) is 40.7 Å². The Morgan fingerprint density at radius 2 is 1.80 bits per heavy atom. The molecule has 0 radical (unpaired) electrons. The second kappa shape index (κ2) is 8.44. The van der Waals surface area contributed by atoms with Crippen LogP contribution in [0.5, 0.6) is 0 Å². The molecule has 2 N–H and O–H groups in total. The molecule has 30 heavy (non-hydrogen) atoms. The fraction of sp³-hybridized carbons (Fsp3) is 0.435. The van der Waals surface area contributed by atoms with E-state index < -0.39 is 0 Å². The van der Waals surface area contributed by atoms with Gasteiger partial charge < -0.3 is 15.5 Å². The van der Waals surface area contributed by atoms with E-state index in [1.807, 2.05) is 12.1 Å². The maximum Gasteiger partial charge on any atom is 0.252 e. The predicted octanol–water partition coefficient (Wildman–Crippen LogP) is 3.38. The zero-order valence-electron chi connectivity index (χ0n) is 18.0. The van der Waals surface area contributed by atoms with Gasteiger partial charge in [-0.25, -0.2) is 4.98 Å². The van der Waals surface area contributed by atoms with Crippen molar-refractivity contribution in [3.8, 4) is 0 Å². The van der Waals surface area contributed by atoms with Crippen LogP contribution in [0.1, 0.15) is 27.2 Å². The van der Waals surface area contributed by atoms with Crippen LogP contribution in [0.15, 0.2) is 47.4 Å². The first-order chi connectivity index (χ1) is 14.4. The van der Waals surface area contributed by atoms with Crippen LogP contribution >= 0.6 is 0 Å². The molecule has 4 rings (SSSR count). The number of hydrogen-bond acceptors (Lipinski definition) is 6. The number of rotatable bonds is 5. The summed E-state index contributed by atoms with van der Waals surface area (Å²) in [6, 6.07) is 11.7. The highest BCUT2D eigenvalue weighted by Crippen LogP contribution is 2.22. The second-order valence-electron chi connectivity index (χ2n) is 9.02. The largest absolute Gasteiger partial charge is 0.369 e. The number of aryl methyl sites for hydroxylation is 1. The Bertz CT molecular complexity index is 1060. The van der Waals surface area contributed by atoms with Gasteiger partial charge in [0.1, 0.15) is 5.65 Å². The predicted molar refractivity (Wildman–Crippen MR) is 123 cm³/mol. The Labute approximate surface area is 177 Å². The summed E-state index contributed by atoms with van der Waals surface area (Å²) in [5.74, 6) is 0.493. The standard InChI is InChI=1S/C23H30N6O/c1-23(2,3)10-13-29-20(30)9-4-17-16-25-22(27-21(17)29)26-18-5-7-19(8-6-18)28-14-11-24-12-15-28/h4-9,16,24H,10-15H2,1-3H3,(H,25,26,27). The summed E-state index contributed by atoms with van der Waals surface area (Å²) in [7, 11) is 0. The van der Waals surface area contributed by atoms with Gasteiger partial charge in [-0.3, -0.25) is 9.36 Å². The second-order valence-corrected chi connectivity index (χ2v) is 9.02. The first-order valence-electron chi connectivity index (χ1n) is 10.6. The Balaban J connectivity index is 1.56. The molecule has 1 aliphatic rings. The lowest BCUT2D eigenvalue weighted by Gasteiger charge is -2.29. The van der Waals surface area contributed by atoms with Crippen LogP contribution in [0.3, 0.4) is 0 Å². The fourth-order valence-corrected chi connectivity index (χ4v) is 3.60. The van der Waals surface area contributed by atoms with E-state index in [4.69, 9.17) is 0 Å². The summed E-state index contributed by atoms with van der Waals surface area (Å²) < 4.78 is 1.75. The molecule has 0 atom stereocenters. The van der Waals surface area contributed by atoms with E-state index in [9.17, 15) is 4.79 Å². The summed E-state index contributed by atoms with van der Waals surface area (Å²) in [6.45, 7) is 11.2. The maximum absolute atomic E-state index is 12.5. The normalized spacial score (nSPS) is 14.8. The lowest BCUT2D eigenvalue weighted by Crippen LogP contribution is -2.43. The minimum absolute atomic E-state index is 0.0308. The molecule has 3 aromatic rings. The quantitative estimate of drug-likeness (QED) is 0.677. The number of fused-ring (bicyclic) bond motifs is 1. The van der Waals surface area contributed by atoms with Crippen molar-refractivity contribution in [3.05, 3.63) is 52.9 Å². The van der Waals surface area contributed by atoms with E-state index in [1.54, 1.807) is 22.9 Å². The molecule has 0 amide bonds. The number of anilines is 3. The lowest BCUT2D eigenvalue weighted by atomic mass is 9.92. The van der Waals surface area contributed by atoms with Crippen molar-refractivity contribution in [2.24, 2.45) is 5.41 Å². The minimum atomic E-state index is -0.0308. The number of pyridine rings is 1. The molecule has 0 aliphatic carbocycles. The molecule has 3 heterocycles. The average molecular weight is 407 g/mol. The monoisotopic (exact) mass is 406 g/mol. The summed E-state index contributed by atoms with van der Waals surface area (Å²) in [6.07, 6.45) is 2.67. The first-order valence-corrected chi connectivity index (χ1v) is 10.6. The van der Waals surface area contributed by atoms with Gasteiger partial charge in [-0.1, -0.05) is 20.8 Å². The van der Waals surface area contributed by atoms with Gasteiger partial charge in [0.15, 0.2) is 0 Å².